The molecule has 0 saturated heterocycles. The van der Waals surface area contributed by atoms with Gasteiger partial charge in [-0.15, -0.1) is 0 Å². The Morgan fingerprint density at radius 1 is 1.50 bits per heavy atom. The van der Waals surface area contributed by atoms with Gasteiger partial charge in [0.05, 0.1) is 5.39 Å². The Morgan fingerprint density at radius 3 is 3.20 bits per heavy atom. The average molecular weight is 151 g/mol. The minimum Gasteiger partial charge on any atom is -0.244 e. The molecule has 2 aromatic heterocycles. The SMILES string of the molecule is Cc1snc2ncncc12. The fourth-order valence-electron chi connectivity index (χ4n) is 0.805. The summed E-state index contributed by atoms with van der Waals surface area (Å²) in [5.74, 6) is 0. The van der Waals surface area contributed by atoms with Crippen molar-refractivity contribution in [1.29, 1.82) is 0 Å². The van der Waals surface area contributed by atoms with Gasteiger partial charge in [-0.2, -0.15) is 4.37 Å². The molecule has 0 unspecified atom stereocenters. The van der Waals surface area contributed by atoms with Crippen molar-refractivity contribution in [3.63, 3.8) is 0 Å². The van der Waals surface area contributed by atoms with Gasteiger partial charge in [-0.3, -0.25) is 0 Å². The van der Waals surface area contributed by atoms with Crippen molar-refractivity contribution in [3.05, 3.63) is 17.4 Å². The van der Waals surface area contributed by atoms with Crippen LogP contribution in [0.15, 0.2) is 12.5 Å². The van der Waals surface area contributed by atoms with Crippen molar-refractivity contribution in [2.75, 3.05) is 0 Å². The third-order valence-electron chi connectivity index (χ3n) is 1.34. The zero-order chi connectivity index (χ0) is 6.97. The van der Waals surface area contributed by atoms with E-state index in [9.17, 15) is 0 Å². The molecule has 0 amide bonds. The number of nitrogens with zero attached hydrogens (tertiary/aromatic N) is 3. The lowest BCUT2D eigenvalue weighted by molar-refractivity contribution is 1.21. The first kappa shape index (κ1) is 5.73. The molecule has 2 heterocycles. The summed E-state index contributed by atoms with van der Waals surface area (Å²) in [6.45, 7) is 2.02. The molecule has 3 nitrogen and oxygen atoms in total. The van der Waals surface area contributed by atoms with Crippen molar-refractivity contribution in [3.8, 4) is 0 Å². The van der Waals surface area contributed by atoms with E-state index in [4.69, 9.17) is 0 Å². The monoisotopic (exact) mass is 151 g/mol. The number of aryl methyl sites for hydroxylation is 1. The lowest BCUT2D eigenvalue weighted by atomic mass is 10.4. The van der Waals surface area contributed by atoms with Gasteiger partial charge in [-0.1, -0.05) is 0 Å². The third kappa shape index (κ3) is 0.690. The summed E-state index contributed by atoms with van der Waals surface area (Å²) < 4.78 is 4.11. The highest BCUT2D eigenvalue weighted by Crippen LogP contribution is 2.16. The van der Waals surface area contributed by atoms with Gasteiger partial charge < -0.3 is 0 Å². The minimum absolute atomic E-state index is 0.803. The number of aromatic nitrogens is 3. The van der Waals surface area contributed by atoms with Crippen LogP contribution in [0.3, 0.4) is 0 Å². The Bertz CT molecular complexity index is 355. The molecule has 0 aliphatic rings. The van der Waals surface area contributed by atoms with Gasteiger partial charge in [0.25, 0.3) is 0 Å². The second kappa shape index (κ2) is 1.98. The van der Waals surface area contributed by atoms with Gasteiger partial charge in [-0.05, 0) is 18.5 Å². The zero-order valence-electron chi connectivity index (χ0n) is 5.40. The van der Waals surface area contributed by atoms with Crippen LogP contribution in [-0.4, -0.2) is 14.3 Å². The Kier molecular flexibility index (Phi) is 1.14. The van der Waals surface area contributed by atoms with E-state index in [1.54, 1.807) is 6.20 Å². The van der Waals surface area contributed by atoms with Gasteiger partial charge in [0.2, 0.25) is 0 Å². The van der Waals surface area contributed by atoms with Crippen LogP contribution in [0.25, 0.3) is 11.0 Å². The summed E-state index contributed by atoms with van der Waals surface area (Å²) in [4.78, 5) is 9.07. The predicted molar refractivity (Wildman–Crippen MR) is 39.9 cm³/mol. The van der Waals surface area contributed by atoms with E-state index >= 15 is 0 Å². The smallest absolute Gasteiger partial charge is 0.176 e. The van der Waals surface area contributed by atoms with Crippen LogP contribution in [0, 0.1) is 6.92 Å². The average Bonchev–Trinajstić information content (AvgIpc) is 2.34. The number of rotatable bonds is 0. The highest BCUT2D eigenvalue weighted by atomic mass is 32.1. The van der Waals surface area contributed by atoms with E-state index in [1.807, 2.05) is 6.92 Å². The molecule has 50 valence electrons. The normalized spacial score (nSPS) is 10.5. The molecule has 4 heteroatoms. The van der Waals surface area contributed by atoms with Crippen LogP contribution in [-0.2, 0) is 0 Å². The first-order valence-corrected chi connectivity index (χ1v) is 3.67. The molecule has 0 spiro atoms. The first-order valence-electron chi connectivity index (χ1n) is 2.90. The van der Waals surface area contributed by atoms with E-state index in [0.717, 1.165) is 11.0 Å². The lowest BCUT2D eigenvalue weighted by Gasteiger charge is -1.83. The van der Waals surface area contributed by atoms with Gasteiger partial charge in [-0.25, -0.2) is 9.97 Å². The van der Waals surface area contributed by atoms with Crippen LogP contribution in [0.5, 0.6) is 0 Å². The molecule has 0 fully saturated rings. The Labute approximate surface area is 61.9 Å². The highest BCUT2D eigenvalue weighted by molar-refractivity contribution is 7.07. The maximum atomic E-state index is 4.11. The van der Waals surface area contributed by atoms with Crippen LogP contribution in [0.4, 0.5) is 0 Å². The molecule has 0 N–H and O–H groups in total. The summed E-state index contributed by atoms with van der Waals surface area (Å²) in [6.07, 6.45) is 3.31. The second-order valence-corrected chi connectivity index (χ2v) is 2.98. The third-order valence-corrected chi connectivity index (χ3v) is 2.10. The Balaban J connectivity index is 2.93. The van der Waals surface area contributed by atoms with Crippen LogP contribution < -0.4 is 0 Å². The summed E-state index contributed by atoms with van der Waals surface area (Å²) in [5, 5.41) is 1.06. The summed E-state index contributed by atoms with van der Waals surface area (Å²) in [7, 11) is 0. The Hall–Kier alpha value is -1.03. The number of hydrogen-bond donors (Lipinski definition) is 0. The molecule has 0 aliphatic heterocycles. The minimum atomic E-state index is 0.803. The maximum Gasteiger partial charge on any atom is 0.176 e. The molecule has 10 heavy (non-hydrogen) atoms. The second-order valence-electron chi connectivity index (χ2n) is 2.00. The van der Waals surface area contributed by atoms with Crippen LogP contribution in [0.1, 0.15) is 4.88 Å². The van der Waals surface area contributed by atoms with E-state index < -0.39 is 0 Å². The fourth-order valence-corrected chi connectivity index (χ4v) is 1.42. The molecule has 0 aromatic carbocycles. The topological polar surface area (TPSA) is 38.7 Å². The van der Waals surface area contributed by atoms with Crippen molar-refractivity contribution in [2.24, 2.45) is 0 Å². The molecule has 0 bridgehead atoms. The van der Waals surface area contributed by atoms with E-state index in [-0.39, 0.29) is 0 Å². The quantitative estimate of drug-likeness (QED) is 0.571. The predicted octanol–water partition coefficient (Wildman–Crippen LogP) is 1.39. The summed E-state index contributed by atoms with van der Waals surface area (Å²) >= 11 is 1.47. The Morgan fingerprint density at radius 2 is 2.40 bits per heavy atom. The molecule has 0 atom stereocenters. The van der Waals surface area contributed by atoms with Crippen LogP contribution in [0.2, 0.25) is 0 Å². The molecule has 2 rings (SSSR count). The molecular formula is C6H5N3S. The van der Waals surface area contributed by atoms with Crippen molar-refractivity contribution >= 4 is 22.6 Å². The maximum absolute atomic E-state index is 4.11. The van der Waals surface area contributed by atoms with Gasteiger partial charge in [0, 0.05) is 11.1 Å². The van der Waals surface area contributed by atoms with Crippen molar-refractivity contribution < 1.29 is 0 Å². The van der Waals surface area contributed by atoms with E-state index in [0.29, 0.717) is 0 Å². The largest absolute Gasteiger partial charge is 0.244 e. The first-order chi connectivity index (χ1) is 4.88. The number of hydrogen-bond acceptors (Lipinski definition) is 4. The van der Waals surface area contributed by atoms with Gasteiger partial charge >= 0.3 is 0 Å². The van der Waals surface area contributed by atoms with Gasteiger partial charge in [0.15, 0.2) is 5.65 Å². The van der Waals surface area contributed by atoms with E-state index in [1.165, 1.54) is 22.7 Å². The van der Waals surface area contributed by atoms with Crippen LogP contribution >= 0.6 is 11.5 Å². The van der Waals surface area contributed by atoms with Gasteiger partial charge in [0.1, 0.15) is 6.33 Å². The summed E-state index contributed by atoms with van der Waals surface area (Å²) in [5.41, 5.74) is 0.803. The number of fused-ring (bicyclic) bond motifs is 1. The molecule has 2 aromatic rings. The standard InChI is InChI=1S/C6H5N3S/c1-4-5-2-7-3-8-6(5)9-10-4/h2-3H,1H3. The highest BCUT2D eigenvalue weighted by Gasteiger charge is 1.99. The molecule has 0 saturated carbocycles. The lowest BCUT2D eigenvalue weighted by Crippen LogP contribution is -1.76. The molecular weight excluding hydrogens is 146 g/mol. The van der Waals surface area contributed by atoms with E-state index in [2.05, 4.69) is 14.3 Å². The van der Waals surface area contributed by atoms with Crippen molar-refractivity contribution in [2.45, 2.75) is 6.92 Å². The summed E-state index contributed by atoms with van der Waals surface area (Å²) in [6, 6.07) is 0. The molecule has 0 aliphatic carbocycles. The fraction of sp³-hybridized carbons (Fsp3) is 0.167. The zero-order valence-corrected chi connectivity index (χ0v) is 6.22. The molecule has 0 radical (unpaired) electrons. The van der Waals surface area contributed by atoms with Crippen molar-refractivity contribution in [1.82, 2.24) is 14.3 Å².